The summed E-state index contributed by atoms with van der Waals surface area (Å²) < 4.78 is 10.1. The first-order valence-electron chi connectivity index (χ1n) is 32.1. The van der Waals surface area contributed by atoms with E-state index in [0.29, 0.717) is 0 Å². The van der Waals surface area contributed by atoms with Crippen LogP contribution in [-0.4, -0.2) is 11.1 Å². The predicted molar refractivity (Wildman–Crippen MR) is 381 cm³/mol. The molecule has 0 spiro atoms. The van der Waals surface area contributed by atoms with Crippen molar-refractivity contribution in [2.45, 2.75) is 157 Å². The van der Waals surface area contributed by atoms with Crippen LogP contribution in [0.1, 0.15) is 158 Å². The zero-order valence-electron chi connectivity index (χ0n) is 55.3. The Labute approximate surface area is 523 Å². The van der Waals surface area contributed by atoms with E-state index in [1.165, 1.54) is 121 Å². The standard InChI is InChI=1S/C84H85BN2O/c1-79(2,3)58-36-54(37-59(47-58)80(4,5)6)50-26-31-64(32-27-50)86-73-43-52(55-38-60(81(7,8)9)48-61(39-55)82(10,11)12)28-33-69(73)85-70-34-29-53(56-40-62(83(13,14)15)49-63(41-56)84(16,17)18)45-75(70)88-76-46-57(44-74(86)77(76)85)51-30-35-72-68(42-51)67-24-21-23-66-65-22-19-20-25-71(65)87(72)78(66)67/h19-49H,1-18H3. The number of hydrogen-bond acceptors (Lipinski definition) is 2. The number of anilines is 3. The summed E-state index contributed by atoms with van der Waals surface area (Å²) in [5.41, 5.74) is 28.2. The number of hydrogen-bond donors (Lipinski definition) is 0. The molecule has 2 aliphatic rings. The summed E-state index contributed by atoms with van der Waals surface area (Å²) in [6.07, 6.45) is 0. The minimum atomic E-state index is -0.110. The Bertz CT molecular complexity index is 4720. The van der Waals surface area contributed by atoms with E-state index in [9.17, 15) is 0 Å². The van der Waals surface area contributed by atoms with Gasteiger partial charge in [-0.15, -0.1) is 0 Å². The van der Waals surface area contributed by atoms with Gasteiger partial charge in [-0.3, -0.25) is 0 Å². The molecule has 4 heteroatoms. The first-order chi connectivity index (χ1) is 41.4. The van der Waals surface area contributed by atoms with Gasteiger partial charge in [0.2, 0.25) is 0 Å². The molecule has 10 aromatic carbocycles. The highest BCUT2D eigenvalue weighted by molar-refractivity contribution is 6.99. The lowest BCUT2D eigenvalue weighted by atomic mass is 9.34. The first kappa shape index (κ1) is 57.4. The van der Waals surface area contributed by atoms with E-state index in [-0.39, 0.29) is 39.2 Å². The van der Waals surface area contributed by atoms with Crippen LogP contribution in [0.25, 0.3) is 82.6 Å². The van der Waals surface area contributed by atoms with Crippen molar-refractivity contribution in [1.82, 2.24) is 4.40 Å². The fourth-order valence-corrected chi connectivity index (χ4v) is 13.9. The maximum atomic E-state index is 7.57. The fraction of sp³-hybridized carbons (Fsp3) is 0.286. The van der Waals surface area contributed by atoms with E-state index in [1.54, 1.807) is 0 Å². The average molecular weight is 1150 g/mol. The second-order valence-electron chi connectivity index (χ2n) is 32.0. The quantitative estimate of drug-likeness (QED) is 0.160. The number of nitrogens with zero attached hydrogens (tertiary/aromatic N) is 2. The van der Waals surface area contributed by atoms with Gasteiger partial charge < -0.3 is 14.0 Å². The maximum Gasteiger partial charge on any atom is 0.256 e. The van der Waals surface area contributed by atoms with Gasteiger partial charge in [0.25, 0.3) is 6.71 Å². The van der Waals surface area contributed by atoms with Gasteiger partial charge in [0, 0.05) is 38.6 Å². The highest BCUT2D eigenvalue weighted by Gasteiger charge is 2.43. The van der Waals surface area contributed by atoms with Crippen LogP contribution >= 0.6 is 0 Å². The molecule has 2 aromatic heterocycles. The molecule has 0 amide bonds. The van der Waals surface area contributed by atoms with Gasteiger partial charge in [0.1, 0.15) is 11.5 Å². The van der Waals surface area contributed by atoms with Gasteiger partial charge in [-0.05, 0) is 181 Å². The molecule has 88 heavy (non-hydrogen) atoms. The molecular formula is C84H85BN2O. The molecule has 2 aliphatic heterocycles. The highest BCUT2D eigenvalue weighted by Crippen LogP contribution is 2.48. The van der Waals surface area contributed by atoms with Gasteiger partial charge in [-0.2, -0.15) is 0 Å². The molecule has 0 radical (unpaired) electrons. The zero-order valence-corrected chi connectivity index (χ0v) is 55.3. The molecule has 440 valence electrons. The molecule has 0 N–H and O–H groups in total. The third-order valence-electron chi connectivity index (χ3n) is 19.5. The van der Waals surface area contributed by atoms with Crippen LogP contribution in [0, 0.1) is 0 Å². The van der Waals surface area contributed by atoms with Crippen molar-refractivity contribution in [3.8, 4) is 56.0 Å². The molecule has 0 aliphatic carbocycles. The predicted octanol–water partition coefficient (Wildman–Crippen LogP) is 21.7. The Morgan fingerprint density at radius 1 is 0.295 bits per heavy atom. The lowest BCUT2D eigenvalue weighted by Gasteiger charge is -2.41. The summed E-state index contributed by atoms with van der Waals surface area (Å²) in [6.45, 7) is 41.8. The number of ether oxygens (including phenoxy) is 1. The summed E-state index contributed by atoms with van der Waals surface area (Å²) in [7, 11) is 0. The molecule has 0 saturated carbocycles. The Balaban J connectivity index is 1.02. The monoisotopic (exact) mass is 1150 g/mol. The van der Waals surface area contributed by atoms with Crippen molar-refractivity contribution in [2.75, 3.05) is 4.90 Å². The molecule has 12 aromatic rings. The van der Waals surface area contributed by atoms with Crippen LogP contribution < -0.4 is 26.0 Å². The Kier molecular flexibility index (Phi) is 12.8. The Morgan fingerprint density at radius 3 is 1.23 bits per heavy atom. The van der Waals surface area contributed by atoms with Crippen LogP contribution in [0.2, 0.25) is 0 Å². The average Bonchev–Trinajstić information content (AvgIpc) is 1.92. The minimum absolute atomic E-state index is 0.00724. The van der Waals surface area contributed by atoms with Crippen LogP contribution in [-0.2, 0) is 32.5 Å². The van der Waals surface area contributed by atoms with E-state index in [1.807, 2.05) is 0 Å². The molecule has 0 saturated heterocycles. The summed E-state index contributed by atoms with van der Waals surface area (Å²) in [6, 6.07) is 73.2. The van der Waals surface area contributed by atoms with Crippen molar-refractivity contribution in [3.05, 3.63) is 221 Å². The van der Waals surface area contributed by atoms with Gasteiger partial charge >= 0.3 is 0 Å². The molecule has 0 bridgehead atoms. The number of aromatic nitrogens is 1. The van der Waals surface area contributed by atoms with Crippen LogP contribution in [0.3, 0.4) is 0 Å². The van der Waals surface area contributed by atoms with E-state index >= 15 is 0 Å². The second-order valence-corrected chi connectivity index (χ2v) is 32.0. The summed E-state index contributed by atoms with van der Waals surface area (Å²) in [4.78, 5) is 2.56. The van der Waals surface area contributed by atoms with Crippen LogP contribution in [0.5, 0.6) is 11.5 Å². The second kappa shape index (κ2) is 19.6. The third kappa shape index (κ3) is 9.63. The molecule has 14 rings (SSSR count). The van der Waals surface area contributed by atoms with Crippen molar-refractivity contribution < 1.29 is 4.74 Å². The van der Waals surface area contributed by atoms with Crippen molar-refractivity contribution >= 4 is 78.3 Å². The summed E-state index contributed by atoms with van der Waals surface area (Å²) in [5, 5.41) is 5.09. The minimum Gasteiger partial charge on any atom is -0.458 e. The third-order valence-corrected chi connectivity index (χ3v) is 19.5. The van der Waals surface area contributed by atoms with Crippen molar-refractivity contribution in [2.24, 2.45) is 0 Å². The molecule has 0 atom stereocenters. The molecule has 0 unspecified atom stereocenters. The van der Waals surface area contributed by atoms with Gasteiger partial charge in [0.15, 0.2) is 0 Å². The topological polar surface area (TPSA) is 16.9 Å². The van der Waals surface area contributed by atoms with Crippen LogP contribution in [0.4, 0.5) is 17.1 Å². The van der Waals surface area contributed by atoms with Crippen molar-refractivity contribution in [1.29, 1.82) is 0 Å². The maximum absolute atomic E-state index is 7.57. The summed E-state index contributed by atoms with van der Waals surface area (Å²) >= 11 is 0. The molecule has 0 fully saturated rings. The van der Waals surface area contributed by atoms with E-state index in [0.717, 1.165) is 39.6 Å². The number of fused-ring (bicyclic) bond motifs is 10. The Hall–Kier alpha value is -8.34. The fourth-order valence-electron chi connectivity index (χ4n) is 13.9. The van der Waals surface area contributed by atoms with Gasteiger partial charge in [-0.25, -0.2) is 0 Å². The largest absolute Gasteiger partial charge is 0.458 e. The smallest absolute Gasteiger partial charge is 0.256 e. The lowest BCUT2D eigenvalue weighted by molar-refractivity contribution is 0.488. The van der Waals surface area contributed by atoms with Crippen molar-refractivity contribution in [3.63, 3.8) is 0 Å². The first-order valence-corrected chi connectivity index (χ1v) is 32.1. The van der Waals surface area contributed by atoms with E-state index in [4.69, 9.17) is 4.74 Å². The molecule has 3 nitrogen and oxygen atoms in total. The molecular weight excluding hydrogens is 1060 g/mol. The zero-order chi connectivity index (χ0) is 62.1. The highest BCUT2D eigenvalue weighted by atomic mass is 16.5. The van der Waals surface area contributed by atoms with Gasteiger partial charge in [-0.1, -0.05) is 258 Å². The number of rotatable bonds is 5. The van der Waals surface area contributed by atoms with Gasteiger partial charge in [0.05, 0.1) is 16.6 Å². The number of para-hydroxylation sites is 2. The summed E-state index contributed by atoms with van der Waals surface area (Å²) in [5.74, 6) is 1.79. The Morgan fingerprint density at radius 2 is 0.693 bits per heavy atom. The van der Waals surface area contributed by atoms with E-state index in [2.05, 4.69) is 322 Å². The SMILES string of the molecule is CC(C)(C)c1cc(-c2ccc(N3c4cc(-c5cc(C(C)(C)C)cc(C(C)(C)C)c5)ccc4B4c5ccc(-c6cc(C(C)(C)C)cc(C(C)(C)C)c6)cc5Oc5cc(-c6ccc7c(c6)c6cccc8c9ccccc9n7c86)cc3c54)cc2)cc(C(C)(C)C)c1. The molecule has 4 heterocycles. The van der Waals surface area contributed by atoms with Crippen LogP contribution in [0.15, 0.2) is 188 Å². The normalized spacial score (nSPS) is 13.8. The number of benzene rings is 10. The van der Waals surface area contributed by atoms with E-state index < -0.39 is 0 Å². The lowest BCUT2D eigenvalue weighted by Crippen LogP contribution is -2.59.